The number of aryl methyl sites for hydroxylation is 2. The van der Waals surface area contributed by atoms with Gasteiger partial charge >= 0.3 is 0 Å². The Morgan fingerprint density at radius 3 is 2.80 bits per heavy atom. The molecule has 0 amide bonds. The van der Waals surface area contributed by atoms with Gasteiger partial charge in [-0.15, -0.1) is 0 Å². The van der Waals surface area contributed by atoms with Crippen LogP contribution in [0.4, 0.5) is 0 Å². The third-order valence-corrected chi connectivity index (χ3v) is 3.84. The lowest BCUT2D eigenvalue weighted by molar-refractivity contribution is 0.114. The van der Waals surface area contributed by atoms with Gasteiger partial charge in [0.15, 0.2) is 5.96 Å². The van der Waals surface area contributed by atoms with E-state index < -0.39 is 0 Å². The molecular formula is C14H25N5O. The van der Waals surface area contributed by atoms with E-state index in [-0.39, 0.29) is 0 Å². The second-order valence-electron chi connectivity index (χ2n) is 5.21. The molecule has 2 rings (SSSR count). The standard InChI is InChI=1S/C14H25N5O/c1-10-13(11(2)19(4)18-10)9-17-14(15-3)16-8-12-6-5-7-20-12/h12H,5-9H2,1-4H3,(H2,15,16,17). The first kappa shape index (κ1) is 14.8. The highest BCUT2D eigenvalue weighted by molar-refractivity contribution is 5.79. The highest BCUT2D eigenvalue weighted by atomic mass is 16.5. The summed E-state index contributed by atoms with van der Waals surface area (Å²) in [6, 6.07) is 0. The predicted octanol–water partition coefficient (Wildman–Crippen LogP) is 0.881. The zero-order valence-corrected chi connectivity index (χ0v) is 12.9. The monoisotopic (exact) mass is 279 g/mol. The lowest BCUT2D eigenvalue weighted by Gasteiger charge is -2.15. The van der Waals surface area contributed by atoms with Crippen molar-refractivity contribution in [2.75, 3.05) is 20.2 Å². The minimum absolute atomic E-state index is 0.315. The van der Waals surface area contributed by atoms with E-state index in [1.165, 1.54) is 11.3 Å². The summed E-state index contributed by atoms with van der Waals surface area (Å²) in [4.78, 5) is 4.24. The van der Waals surface area contributed by atoms with Gasteiger partial charge in [0, 0.05) is 45.0 Å². The van der Waals surface area contributed by atoms with Crippen molar-refractivity contribution < 1.29 is 4.74 Å². The molecule has 1 unspecified atom stereocenters. The third-order valence-electron chi connectivity index (χ3n) is 3.84. The van der Waals surface area contributed by atoms with E-state index >= 15 is 0 Å². The van der Waals surface area contributed by atoms with Gasteiger partial charge in [-0.3, -0.25) is 9.67 Å². The van der Waals surface area contributed by atoms with Crippen LogP contribution in [0.2, 0.25) is 0 Å². The third kappa shape index (κ3) is 3.50. The maximum atomic E-state index is 5.59. The molecule has 1 aromatic heterocycles. The molecule has 0 aromatic carbocycles. The molecule has 20 heavy (non-hydrogen) atoms. The molecule has 0 saturated carbocycles. The number of aromatic nitrogens is 2. The Balaban J connectivity index is 1.84. The maximum absolute atomic E-state index is 5.59. The van der Waals surface area contributed by atoms with Crippen LogP contribution in [0, 0.1) is 13.8 Å². The SMILES string of the molecule is CN=C(NCc1c(C)nn(C)c1C)NCC1CCCO1. The number of hydrogen-bond donors (Lipinski definition) is 2. The van der Waals surface area contributed by atoms with Crippen LogP contribution in [0.5, 0.6) is 0 Å². The average Bonchev–Trinajstić information content (AvgIpc) is 3.02. The first-order valence-corrected chi connectivity index (χ1v) is 7.17. The molecule has 1 aliphatic rings. The minimum atomic E-state index is 0.315. The van der Waals surface area contributed by atoms with Crippen LogP contribution in [0.3, 0.4) is 0 Å². The van der Waals surface area contributed by atoms with Crippen LogP contribution in [-0.2, 0) is 18.3 Å². The molecule has 1 saturated heterocycles. The fraction of sp³-hybridized carbons (Fsp3) is 0.714. The van der Waals surface area contributed by atoms with Gasteiger partial charge in [-0.25, -0.2) is 0 Å². The molecule has 0 bridgehead atoms. The average molecular weight is 279 g/mol. The summed E-state index contributed by atoms with van der Waals surface area (Å²) >= 11 is 0. The molecule has 112 valence electrons. The van der Waals surface area contributed by atoms with Gasteiger partial charge in [0.2, 0.25) is 0 Å². The quantitative estimate of drug-likeness (QED) is 0.634. The number of hydrogen-bond acceptors (Lipinski definition) is 3. The zero-order chi connectivity index (χ0) is 14.5. The topological polar surface area (TPSA) is 63.5 Å². The minimum Gasteiger partial charge on any atom is -0.376 e. The Kier molecular flexibility index (Phi) is 5.00. The number of rotatable bonds is 4. The Labute approximate surface area is 120 Å². The molecule has 0 radical (unpaired) electrons. The van der Waals surface area contributed by atoms with Crippen molar-refractivity contribution in [3.63, 3.8) is 0 Å². The molecule has 6 nitrogen and oxygen atoms in total. The Morgan fingerprint density at radius 2 is 2.25 bits per heavy atom. The zero-order valence-electron chi connectivity index (χ0n) is 12.9. The van der Waals surface area contributed by atoms with Crippen LogP contribution < -0.4 is 10.6 Å². The van der Waals surface area contributed by atoms with Crippen LogP contribution in [0.1, 0.15) is 29.8 Å². The molecule has 1 aromatic rings. The van der Waals surface area contributed by atoms with E-state index in [0.717, 1.165) is 44.2 Å². The molecule has 0 spiro atoms. The van der Waals surface area contributed by atoms with Gasteiger partial charge in [0.25, 0.3) is 0 Å². The summed E-state index contributed by atoms with van der Waals surface area (Å²) in [5.74, 6) is 0.808. The number of nitrogens with zero attached hydrogens (tertiary/aromatic N) is 3. The smallest absolute Gasteiger partial charge is 0.191 e. The molecule has 0 aliphatic carbocycles. The van der Waals surface area contributed by atoms with Gasteiger partial charge < -0.3 is 15.4 Å². The van der Waals surface area contributed by atoms with Gasteiger partial charge in [-0.2, -0.15) is 5.10 Å². The lowest BCUT2D eigenvalue weighted by Crippen LogP contribution is -2.40. The fourth-order valence-electron chi connectivity index (χ4n) is 2.48. The molecule has 6 heteroatoms. The summed E-state index contributed by atoms with van der Waals surface area (Å²) in [7, 11) is 3.75. The highest BCUT2D eigenvalue weighted by Gasteiger charge is 2.16. The first-order valence-electron chi connectivity index (χ1n) is 7.17. The second kappa shape index (κ2) is 6.74. The Bertz CT molecular complexity index is 474. The largest absolute Gasteiger partial charge is 0.376 e. The van der Waals surface area contributed by atoms with Crippen LogP contribution >= 0.6 is 0 Å². The van der Waals surface area contributed by atoms with Crippen molar-refractivity contribution in [2.24, 2.45) is 12.0 Å². The van der Waals surface area contributed by atoms with E-state index in [2.05, 4.69) is 27.6 Å². The van der Waals surface area contributed by atoms with Crippen LogP contribution in [0.25, 0.3) is 0 Å². The fourth-order valence-corrected chi connectivity index (χ4v) is 2.48. The second-order valence-corrected chi connectivity index (χ2v) is 5.21. The molecule has 2 N–H and O–H groups in total. The number of guanidine groups is 1. The number of aliphatic imine (C=N–C) groups is 1. The highest BCUT2D eigenvalue weighted by Crippen LogP contribution is 2.12. The maximum Gasteiger partial charge on any atom is 0.191 e. The van der Waals surface area contributed by atoms with Crippen molar-refractivity contribution in [2.45, 2.75) is 39.3 Å². The van der Waals surface area contributed by atoms with E-state index in [9.17, 15) is 0 Å². The first-order chi connectivity index (χ1) is 9.61. The number of nitrogens with one attached hydrogen (secondary N) is 2. The van der Waals surface area contributed by atoms with E-state index in [1.807, 2.05) is 18.7 Å². The summed E-state index contributed by atoms with van der Waals surface area (Å²) in [5.41, 5.74) is 3.48. The Hall–Kier alpha value is -1.56. The van der Waals surface area contributed by atoms with Crippen molar-refractivity contribution in [3.8, 4) is 0 Å². The van der Waals surface area contributed by atoms with E-state index in [4.69, 9.17) is 4.74 Å². The van der Waals surface area contributed by atoms with Crippen LogP contribution in [0.15, 0.2) is 4.99 Å². The van der Waals surface area contributed by atoms with Crippen molar-refractivity contribution in [3.05, 3.63) is 17.0 Å². The van der Waals surface area contributed by atoms with Crippen molar-refractivity contribution in [1.29, 1.82) is 0 Å². The van der Waals surface area contributed by atoms with Crippen molar-refractivity contribution in [1.82, 2.24) is 20.4 Å². The van der Waals surface area contributed by atoms with Gasteiger partial charge in [0.05, 0.1) is 11.8 Å². The van der Waals surface area contributed by atoms with Gasteiger partial charge in [0.1, 0.15) is 0 Å². The molecule has 2 heterocycles. The normalized spacial score (nSPS) is 19.4. The molecule has 1 aliphatic heterocycles. The summed E-state index contributed by atoms with van der Waals surface area (Å²) in [6.45, 7) is 6.54. The summed E-state index contributed by atoms with van der Waals surface area (Å²) in [6.07, 6.45) is 2.60. The number of ether oxygens (including phenoxy) is 1. The summed E-state index contributed by atoms with van der Waals surface area (Å²) < 4.78 is 7.51. The van der Waals surface area contributed by atoms with E-state index in [0.29, 0.717) is 6.10 Å². The van der Waals surface area contributed by atoms with Crippen LogP contribution in [-0.4, -0.2) is 42.0 Å². The van der Waals surface area contributed by atoms with E-state index in [1.54, 1.807) is 7.05 Å². The van der Waals surface area contributed by atoms with Gasteiger partial charge in [-0.1, -0.05) is 0 Å². The molecule has 1 atom stereocenters. The Morgan fingerprint density at radius 1 is 1.45 bits per heavy atom. The van der Waals surface area contributed by atoms with Gasteiger partial charge in [-0.05, 0) is 26.7 Å². The molecule has 1 fully saturated rings. The lowest BCUT2D eigenvalue weighted by atomic mass is 10.2. The summed E-state index contributed by atoms with van der Waals surface area (Å²) in [5, 5.41) is 11.1. The van der Waals surface area contributed by atoms with Crippen molar-refractivity contribution >= 4 is 5.96 Å². The predicted molar refractivity (Wildman–Crippen MR) is 79.9 cm³/mol. The molecular weight excluding hydrogens is 254 g/mol.